The first-order valence-electron chi connectivity index (χ1n) is 7.41. The lowest BCUT2D eigenvalue weighted by Crippen LogP contribution is -2.46. The Morgan fingerprint density at radius 3 is 2.32 bits per heavy atom. The fourth-order valence-corrected chi connectivity index (χ4v) is 2.55. The summed E-state index contributed by atoms with van der Waals surface area (Å²) in [6, 6.07) is 0. The summed E-state index contributed by atoms with van der Waals surface area (Å²) in [5.41, 5.74) is -1.24. The maximum atomic E-state index is 11.8. The Kier molecular flexibility index (Phi) is 10.5. The molecular formula is C13H25N2O8PS. The molecule has 0 spiro atoms. The molecule has 25 heavy (non-hydrogen) atoms. The van der Waals surface area contributed by atoms with E-state index >= 15 is 0 Å². The maximum Gasteiger partial charge on any atom is 0.469 e. The van der Waals surface area contributed by atoms with Gasteiger partial charge >= 0.3 is 7.82 Å². The normalized spacial score (nSPS) is 13.2. The van der Waals surface area contributed by atoms with Gasteiger partial charge in [0, 0.05) is 37.6 Å². The molecule has 1 atom stereocenters. The molecule has 10 nitrogen and oxygen atoms in total. The number of phosphoric ester groups is 1. The van der Waals surface area contributed by atoms with Gasteiger partial charge in [0.25, 0.3) is 0 Å². The van der Waals surface area contributed by atoms with Gasteiger partial charge in [0.2, 0.25) is 11.8 Å². The number of hydrogen-bond acceptors (Lipinski definition) is 7. The Hall–Kier alpha value is -0.970. The fraction of sp³-hybridized carbons (Fsp3) is 0.769. The highest BCUT2D eigenvalue weighted by atomic mass is 32.2. The first-order chi connectivity index (χ1) is 11.3. The van der Waals surface area contributed by atoms with E-state index in [2.05, 4.69) is 15.2 Å². The summed E-state index contributed by atoms with van der Waals surface area (Å²) >= 11 is 1.09. The molecule has 0 saturated carbocycles. The number of carbonyl (C=O) groups is 3. The van der Waals surface area contributed by atoms with Crippen molar-refractivity contribution in [2.45, 2.75) is 33.3 Å². The van der Waals surface area contributed by atoms with E-state index in [-0.39, 0.29) is 24.0 Å². The Morgan fingerprint density at radius 1 is 1.20 bits per heavy atom. The van der Waals surface area contributed by atoms with Crippen LogP contribution in [0.25, 0.3) is 0 Å². The molecule has 0 aliphatic rings. The zero-order chi connectivity index (χ0) is 19.7. The van der Waals surface area contributed by atoms with Crippen molar-refractivity contribution in [1.29, 1.82) is 0 Å². The number of aliphatic hydroxyl groups is 1. The van der Waals surface area contributed by atoms with Crippen LogP contribution in [0.4, 0.5) is 0 Å². The molecule has 5 N–H and O–H groups in total. The molecule has 0 radical (unpaired) electrons. The largest absolute Gasteiger partial charge is 0.469 e. The third-order valence-electron chi connectivity index (χ3n) is 2.97. The summed E-state index contributed by atoms with van der Waals surface area (Å²) in [7, 11) is -4.70. The van der Waals surface area contributed by atoms with Crippen molar-refractivity contribution in [3.8, 4) is 0 Å². The molecule has 0 unspecified atom stereocenters. The second-order valence-corrected chi connectivity index (χ2v) is 8.40. The number of phosphoric acid groups is 1. The Morgan fingerprint density at radius 2 is 1.80 bits per heavy atom. The molecule has 0 aromatic rings. The molecule has 0 aliphatic carbocycles. The molecule has 0 saturated heterocycles. The molecule has 0 bridgehead atoms. The standard InChI is InChI=1S/C13H25N2O8PS/c1-9(16)25-7-6-14-10(17)4-5-15-12(19)11(18)13(2,3)8-23-24(20,21)22/h11,18H,4-8H2,1-3H3,(H,14,17)(H,15,19)(H2,20,21,22)/t11-/m0/s1. The first kappa shape index (κ1) is 24.0. The van der Waals surface area contributed by atoms with Gasteiger partial charge in [0.15, 0.2) is 5.12 Å². The van der Waals surface area contributed by atoms with E-state index in [1.165, 1.54) is 20.8 Å². The number of nitrogens with one attached hydrogen (secondary N) is 2. The van der Waals surface area contributed by atoms with E-state index in [0.717, 1.165) is 11.8 Å². The summed E-state index contributed by atoms with van der Waals surface area (Å²) in [4.78, 5) is 51.4. The number of hydrogen-bond donors (Lipinski definition) is 5. The highest BCUT2D eigenvalue weighted by molar-refractivity contribution is 8.13. The van der Waals surface area contributed by atoms with Crippen LogP contribution in [0.1, 0.15) is 27.2 Å². The molecule has 0 heterocycles. The lowest BCUT2D eigenvalue weighted by Gasteiger charge is -2.29. The van der Waals surface area contributed by atoms with Crippen LogP contribution in [0.5, 0.6) is 0 Å². The zero-order valence-corrected chi connectivity index (χ0v) is 16.1. The quantitative estimate of drug-likeness (QED) is 0.225. The van der Waals surface area contributed by atoms with Crippen LogP contribution in [0.2, 0.25) is 0 Å². The minimum absolute atomic E-state index is 0.0113. The summed E-state index contributed by atoms with van der Waals surface area (Å²) in [6.45, 7) is 4.03. The molecule has 0 aliphatic heterocycles. The third-order valence-corrected chi connectivity index (χ3v) is 4.25. The van der Waals surface area contributed by atoms with Crippen molar-refractivity contribution in [3.63, 3.8) is 0 Å². The van der Waals surface area contributed by atoms with Gasteiger partial charge in [-0.3, -0.25) is 18.9 Å². The van der Waals surface area contributed by atoms with Crippen LogP contribution in [0.3, 0.4) is 0 Å². The SMILES string of the molecule is CC(=O)SCCNC(=O)CCNC(=O)[C@H](O)C(C)(C)COP(=O)(O)O. The van der Waals surface area contributed by atoms with Crippen molar-refractivity contribution in [2.75, 3.05) is 25.4 Å². The van der Waals surface area contributed by atoms with E-state index in [0.29, 0.717) is 12.3 Å². The van der Waals surface area contributed by atoms with Crippen molar-refractivity contribution < 1.29 is 38.4 Å². The second kappa shape index (κ2) is 10.9. The van der Waals surface area contributed by atoms with Crippen LogP contribution in [-0.2, 0) is 23.5 Å². The van der Waals surface area contributed by atoms with Gasteiger partial charge in [-0.25, -0.2) is 4.57 Å². The predicted octanol–water partition coefficient (Wildman–Crippen LogP) is -0.615. The summed E-state index contributed by atoms with van der Waals surface area (Å²) in [5, 5.41) is 14.9. The van der Waals surface area contributed by atoms with Crippen LogP contribution in [0, 0.1) is 5.41 Å². The predicted molar refractivity (Wildman–Crippen MR) is 91.6 cm³/mol. The van der Waals surface area contributed by atoms with E-state index in [1.54, 1.807) is 0 Å². The van der Waals surface area contributed by atoms with Crippen molar-refractivity contribution in [3.05, 3.63) is 0 Å². The number of thioether (sulfide) groups is 1. The van der Waals surface area contributed by atoms with E-state index in [1.807, 2.05) is 0 Å². The van der Waals surface area contributed by atoms with Crippen LogP contribution in [0.15, 0.2) is 0 Å². The van der Waals surface area contributed by atoms with Crippen LogP contribution in [-0.4, -0.2) is 63.4 Å². The minimum atomic E-state index is -4.70. The number of aliphatic hydroxyl groups excluding tert-OH is 1. The Balaban J connectivity index is 4.13. The molecule has 2 amide bonds. The summed E-state index contributed by atoms with van der Waals surface area (Å²) in [6.07, 6.45) is -1.59. The molecular weight excluding hydrogens is 375 g/mol. The smallest absolute Gasteiger partial charge is 0.383 e. The molecule has 146 valence electrons. The van der Waals surface area contributed by atoms with Crippen LogP contribution < -0.4 is 10.6 Å². The number of rotatable bonds is 11. The molecule has 0 aromatic carbocycles. The third kappa shape index (κ3) is 12.1. The highest BCUT2D eigenvalue weighted by Gasteiger charge is 2.35. The van der Waals surface area contributed by atoms with E-state index in [4.69, 9.17) is 9.79 Å². The van der Waals surface area contributed by atoms with Gasteiger partial charge in [-0.05, 0) is 0 Å². The van der Waals surface area contributed by atoms with Crippen molar-refractivity contribution in [2.24, 2.45) is 5.41 Å². The average Bonchev–Trinajstić information content (AvgIpc) is 2.48. The lowest BCUT2D eigenvalue weighted by molar-refractivity contribution is -0.137. The van der Waals surface area contributed by atoms with E-state index in [9.17, 15) is 24.1 Å². The molecule has 0 rings (SSSR count). The topological polar surface area (TPSA) is 162 Å². The van der Waals surface area contributed by atoms with Crippen molar-refractivity contribution in [1.82, 2.24) is 10.6 Å². The van der Waals surface area contributed by atoms with Gasteiger partial charge in [-0.2, -0.15) is 0 Å². The lowest BCUT2D eigenvalue weighted by atomic mass is 9.87. The fourth-order valence-electron chi connectivity index (χ4n) is 1.55. The number of amides is 2. The average molecular weight is 400 g/mol. The van der Waals surface area contributed by atoms with Gasteiger partial charge in [-0.1, -0.05) is 25.6 Å². The van der Waals surface area contributed by atoms with E-state index < -0.39 is 31.9 Å². The minimum Gasteiger partial charge on any atom is -0.383 e. The Bertz CT molecular complexity index is 522. The van der Waals surface area contributed by atoms with Gasteiger partial charge in [-0.15, -0.1) is 0 Å². The summed E-state index contributed by atoms with van der Waals surface area (Å²) < 4.78 is 15.0. The van der Waals surface area contributed by atoms with Crippen LogP contribution >= 0.6 is 19.6 Å². The van der Waals surface area contributed by atoms with Gasteiger partial charge < -0.3 is 25.5 Å². The van der Waals surface area contributed by atoms with Crippen molar-refractivity contribution >= 4 is 36.5 Å². The number of carbonyl (C=O) groups excluding carboxylic acids is 3. The Labute approximate surface area is 150 Å². The van der Waals surface area contributed by atoms with Gasteiger partial charge in [0.1, 0.15) is 6.10 Å². The zero-order valence-electron chi connectivity index (χ0n) is 14.4. The first-order valence-corrected chi connectivity index (χ1v) is 9.92. The maximum absolute atomic E-state index is 11.8. The second-order valence-electron chi connectivity index (χ2n) is 5.89. The molecule has 0 aromatic heterocycles. The molecule has 0 fully saturated rings. The highest BCUT2D eigenvalue weighted by Crippen LogP contribution is 2.38. The van der Waals surface area contributed by atoms with Gasteiger partial charge in [0.05, 0.1) is 6.61 Å². The monoisotopic (exact) mass is 400 g/mol. The molecule has 12 heteroatoms. The summed E-state index contributed by atoms with van der Waals surface area (Å²) in [5.74, 6) is -0.637.